The molecule has 1 aliphatic rings. The lowest BCUT2D eigenvalue weighted by Gasteiger charge is -2.20. The van der Waals surface area contributed by atoms with Gasteiger partial charge in [-0.25, -0.2) is 0 Å². The molecule has 0 radical (unpaired) electrons. The van der Waals surface area contributed by atoms with Crippen LogP contribution in [0.3, 0.4) is 0 Å². The van der Waals surface area contributed by atoms with Crippen LogP contribution in [0.15, 0.2) is 46.9 Å². The molecule has 0 unspecified atom stereocenters. The summed E-state index contributed by atoms with van der Waals surface area (Å²) >= 11 is 5.87. The second-order valence-corrected chi connectivity index (χ2v) is 6.29. The standard InChI is InChI=1S/C14H10BrIN2/c15-12-6-5-10(16)7-13(12)18-8-9-3-1-2-4-11(9)14(18)17/h1-7,17H,8H2. The Balaban J connectivity index is 2.06. The lowest BCUT2D eigenvalue weighted by atomic mass is 10.1. The van der Waals surface area contributed by atoms with Crippen molar-refractivity contribution in [2.45, 2.75) is 6.54 Å². The molecule has 0 saturated heterocycles. The van der Waals surface area contributed by atoms with Crippen LogP contribution in [-0.4, -0.2) is 5.84 Å². The molecule has 18 heavy (non-hydrogen) atoms. The molecule has 1 aliphatic heterocycles. The van der Waals surface area contributed by atoms with Gasteiger partial charge in [0.25, 0.3) is 0 Å². The van der Waals surface area contributed by atoms with Crippen LogP contribution in [0.25, 0.3) is 0 Å². The molecule has 0 bridgehead atoms. The van der Waals surface area contributed by atoms with E-state index in [9.17, 15) is 0 Å². The Morgan fingerprint density at radius 1 is 1.17 bits per heavy atom. The van der Waals surface area contributed by atoms with E-state index in [1.807, 2.05) is 29.2 Å². The highest BCUT2D eigenvalue weighted by molar-refractivity contribution is 14.1. The summed E-state index contributed by atoms with van der Waals surface area (Å²) in [6.45, 7) is 0.772. The Morgan fingerprint density at radius 3 is 2.72 bits per heavy atom. The Bertz CT molecular complexity index is 639. The molecule has 0 saturated carbocycles. The van der Waals surface area contributed by atoms with Crippen LogP contribution >= 0.6 is 38.5 Å². The van der Waals surface area contributed by atoms with Crippen molar-refractivity contribution in [1.82, 2.24) is 0 Å². The fourth-order valence-electron chi connectivity index (χ4n) is 2.18. The molecule has 1 heterocycles. The minimum absolute atomic E-state index is 0.577. The normalized spacial score (nSPS) is 13.9. The van der Waals surface area contributed by atoms with Crippen LogP contribution in [0.1, 0.15) is 11.1 Å². The van der Waals surface area contributed by atoms with Crippen LogP contribution in [-0.2, 0) is 6.54 Å². The predicted molar refractivity (Wildman–Crippen MR) is 86.3 cm³/mol. The lowest BCUT2D eigenvalue weighted by Crippen LogP contribution is -2.23. The van der Waals surface area contributed by atoms with E-state index < -0.39 is 0 Å². The Kier molecular flexibility index (Phi) is 3.15. The number of fused-ring (bicyclic) bond motifs is 1. The first-order chi connectivity index (χ1) is 8.66. The molecule has 2 aromatic rings. The third-order valence-electron chi connectivity index (χ3n) is 3.07. The molecule has 2 nitrogen and oxygen atoms in total. The van der Waals surface area contributed by atoms with Crippen LogP contribution in [0, 0.1) is 8.98 Å². The maximum Gasteiger partial charge on any atom is 0.133 e. The third kappa shape index (κ3) is 1.97. The summed E-state index contributed by atoms with van der Waals surface area (Å²) in [4.78, 5) is 2.04. The van der Waals surface area contributed by atoms with E-state index in [-0.39, 0.29) is 0 Å². The van der Waals surface area contributed by atoms with Gasteiger partial charge in [-0.3, -0.25) is 5.41 Å². The zero-order valence-electron chi connectivity index (χ0n) is 9.45. The molecule has 0 aliphatic carbocycles. The fraction of sp³-hybridized carbons (Fsp3) is 0.0714. The molecule has 2 aromatic carbocycles. The largest absolute Gasteiger partial charge is 0.321 e. The molecule has 4 heteroatoms. The minimum atomic E-state index is 0.577. The first-order valence-electron chi connectivity index (χ1n) is 5.56. The topological polar surface area (TPSA) is 27.1 Å². The number of hydrogen-bond donors (Lipinski definition) is 1. The first kappa shape index (κ1) is 12.2. The Labute approximate surface area is 128 Å². The fourth-order valence-corrected chi connectivity index (χ4v) is 3.12. The highest BCUT2D eigenvalue weighted by atomic mass is 127. The van der Waals surface area contributed by atoms with Gasteiger partial charge in [0.05, 0.1) is 12.2 Å². The second kappa shape index (κ2) is 4.66. The van der Waals surface area contributed by atoms with Gasteiger partial charge in [0.15, 0.2) is 0 Å². The van der Waals surface area contributed by atoms with Crippen LogP contribution in [0.4, 0.5) is 5.69 Å². The quantitative estimate of drug-likeness (QED) is 0.690. The summed E-state index contributed by atoms with van der Waals surface area (Å²) in [5, 5.41) is 8.30. The van der Waals surface area contributed by atoms with Gasteiger partial charge in [0.1, 0.15) is 5.84 Å². The summed E-state index contributed by atoms with van der Waals surface area (Å²) < 4.78 is 2.20. The first-order valence-corrected chi connectivity index (χ1v) is 7.43. The van der Waals surface area contributed by atoms with Gasteiger partial charge in [-0.2, -0.15) is 0 Å². The van der Waals surface area contributed by atoms with Crippen molar-refractivity contribution < 1.29 is 0 Å². The molecular weight excluding hydrogens is 403 g/mol. The SMILES string of the molecule is N=C1c2ccccc2CN1c1cc(I)ccc1Br. The summed E-state index contributed by atoms with van der Waals surface area (Å²) in [6.07, 6.45) is 0. The summed E-state index contributed by atoms with van der Waals surface area (Å²) in [5.41, 5.74) is 3.31. The number of rotatable bonds is 1. The van der Waals surface area contributed by atoms with Gasteiger partial charge in [-0.05, 0) is 62.3 Å². The van der Waals surface area contributed by atoms with Crippen LogP contribution in [0.5, 0.6) is 0 Å². The zero-order valence-corrected chi connectivity index (χ0v) is 13.2. The van der Waals surface area contributed by atoms with E-state index in [0.717, 1.165) is 22.3 Å². The summed E-state index contributed by atoms with van der Waals surface area (Å²) in [7, 11) is 0. The Hall–Kier alpha value is -0.880. The third-order valence-corrected chi connectivity index (χ3v) is 4.41. The number of hydrogen-bond acceptors (Lipinski definition) is 1. The zero-order chi connectivity index (χ0) is 12.7. The summed E-state index contributed by atoms with van der Waals surface area (Å²) in [6, 6.07) is 14.3. The molecular formula is C14H10BrIN2. The van der Waals surface area contributed by atoms with Crippen molar-refractivity contribution in [3.8, 4) is 0 Å². The minimum Gasteiger partial charge on any atom is -0.321 e. The average molecular weight is 413 g/mol. The number of anilines is 1. The monoisotopic (exact) mass is 412 g/mol. The average Bonchev–Trinajstić information content (AvgIpc) is 2.71. The van der Waals surface area contributed by atoms with Gasteiger partial charge in [-0.1, -0.05) is 24.3 Å². The van der Waals surface area contributed by atoms with Gasteiger partial charge < -0.3 is 4.90 Å². The van der Waals surface area contributed by atoms with Crippen molar-refractivity contribution in [3.05, 3.63) is 61.6 Å². The van der Waals surface area contributed by atoms with E-state index in [1.165, 1.54) is 9.13 Å². The second-order valence-electron chi connectivity index (χ2n) is 4.19. The molecule has 0 atom stereocenters. The van der Waals surface area contributed by atoms with E-state index in [1.54, 1.807) is 0 Å². The smallest absolute Gasteiger partial charge is 0.133 e. The van der Waals surface area contributed by atoms with Crippen LogP contribution in [0.2, 0.25) is 0 Å². The van der Waals surface area contributed by atoms with Gasteiger partial charge in [-0.15, -0.1) is 0 Å². The van der Waals surface area contributed by atoms with Crippen molar-refractivity contribution in [1.29, 1.82) is 5.41 Å². The maximum atomic E-state index is 8.30. The molecule has 1 N–H and O–H groups in total. The lowest BCUT2D eigenvalue weighted by molar-refractivity contribution is 1.04. The number of nitrogens with zero attached hydrogens (tertiary/aromatic N) is 1. The van der Waals surface area contributed by atoms with Crippen LogP contribution < -0.4 is 4.90 Å². The van der Waals surface area contributed by atoms with Crippen molar-refractivity contribution in [2.75, 3.05) is 4.90 Å². The van der Waals surface area contributed by atoms with Crippen molar-refractivity contribution >= 4 is 50.0 Å². The van der Waals surface area contributed by atoms with Gasteiger partial charge in [0, 0.05) is 13.6 Å². The molecule has 0 spiro atoms. The van der Waals surface area contributed by atoms with Crippen molar-refractivity contribution in [3.63, 3.8) is 0 Å². The number of halogens is 2. The molecule has 0 amide bonds. The molecule has 90 valence electrons. The molecule has 0 fully saturated rings. The maximum absolute atomic E-state index is 8.30. The van der Waals surface area contributed by atoms with E-state index >= 15 is 0 Å². The van der Waals surface area contributed by atoms with Gasteiger partial charge >= 0.3 is 0 Å². The number of benzene rings is 2. The van der Waals surface area contributed by atoms with Gasteiger partial charge in [0.2, 0.25) is 0 Å². The highest BCUT2D eigenvalue weighted by Crippen LogP contribution is 2.34. The molecule has 3 rings (SSSR count). The predicted octanol–water partition coefficient (Wildman–Crippen LogP) is 4.40. The highest BCUT2D eigenvalue weighted by Gasteiger charge is 2.26. The number of amidine groups is 1. The Morgan fingerprint density at radius 2 is 1.94 bits per heavy atom. The van der Waals surface area contributed by atoms with E-state index in [0.29, 0.717) is 5.84 Å². The van der Waals surface area contributed by atoms with Crippen molar-refractivity contribution in [2.24, 2.45) is 0 Å². The van der Waals surface area contributed by atoms with E-state index in [4.69, 9.17) is 5.41 Å². The van der Waals surface area contributed by atoms with E-state index in [2.05, 4.69) is 56.7 Å². The molecule has 0 aromatic heterocycles. The number of nitrogens with one attached hydrogen (secondary N) is 1. The summed E-state index contributed by atoms with van der Waals surface area (Å²) in [5.74, 6) is 0.577.